The van der Waals surface area contributed by atoms with Gasteiger partial charge in [0.2, 0.25) is 5.91 Å². The van der Waals surface area contributed by atoms with Crippen molar-refractivity contribution in [1.82, 2.24) is 5.32 Å². The molecule has 0 saturated carbocycles. The number of hydrogen-bond donors (Lipinski definition) is 1. The molecule has 0 aromatic heterocycles. The van der Waals surface area contributed by atoms with E-state index >= 15 is 0 Å². The molecule has 162 valence electrons. The standard InChI is InChI=1S/C24H49NO2/c1-5-8-11-12-13-15-22(4)24(26)25-19-21-27-20-14-18-23(16-9-6-2)17-10-7-3/h22-23H,5-21H2,1-4H3,(H,25,26). The van der Waals surface area contributed by atoms with Crippen LogP contribution in [0.1, 0.15) is 118 Å². The van der Waals surface area contributed by atoms with Crippen LogP contribution in [-0.2, 0) is 9.53 Å². The van der Waals surface area contributed by atoms with E-state index in [0.717, 1.165) is 25.4 Å². The van der Waals surface area contributed by atoms with Crippen molar-refractivity contribution in [3.8, 4) is 0 Å². The van der Waals surface area contributed by atoms with Crippen molar-refractivity contribution in [3.63, 3.8) is 0 Å². The summed E-state index contributed by atoms with van der Waals surface area (Å²) in [7, 11) is 0. The molecular formula is C24H49NO2. The van der Waals surface area contributed by atoms with E-state index in [0.29, 0.717) is 13.2 Å². The highest BCUT2D eigenvalue weighted by Gasteiger charge is 2.11. The largest absolute Gasteiger partial charge is 0.380 e. The van der Waals surface area contributed by atoms with Gasteiger partial charge in [-0.3, -0.25) is 4.79 Å². The van der Waals surface area contributed by atoms with Gasteiger partial charge in [-0.05, 0) is 25.2 Å². The first kappa shape index (κ1) is 26.4. The van der Waals surface area contributed by atoms with Crippen LogP contribution < -0.4 is 5.32 Å². The van der Waals surface area contributed by atoms with E-state index < -0.39 is 0 Å². The van der Waals surface area contributed by atoms with Gasteiger partial charge in [-0.15, -0.1) is 0 Å². The lowest BCUT2D eigenvalue weighted by Crippen LogP contribution is -2.32. The zero-order valence-corrected chi connectivity index (χ0v) is 19.0. The second-order valence-corrected chi connectivity index (χ2v) is 8.30. The van der Waals surface area contributed by atoms with E-state index in [4.69, 9.17) is 4.74 Å². The predicted molar refractivity (Wildman–Crippen MR) is 118 cm³/mol. The molecule has 3 heteroatoms. The molecule has 0 saturated heterocycles. The number of carbonyl (C=O) groups excluding carboxylic acids is 1. The Morgan fingerprint density at radius 3 is 1.96 bits per heavy atom. The maximum Gasteiger partial charge on any atom is 0.222 e. The Kier molecular flexibility index (Phi) is 19.7. The van der Waals surface area contributed by atoms with Gasteiger partial charge in [0, 0.05) is 19.1 Å². The third-order valence-corrected chi connectivity index (χ3v) is 5.57. The van der Waals surface area contributed by atoms with Crippen LogP contribution in [0.5, 0.6) is 0 Å². The minimum atomic E-state index is 0.129. The molecule has 27 heavy (non-hydrogen) atoms. The van der Waals surface area contributed by atoms with E-state index in [1.807, 2.05) is 6.92 Å². The van der Waals surface area contributed by atoms with Crippen molar-refractivity contribution in [2.45, 2.75) is 118 Å². The van der Waals surface area contributed by atoms with Crippen LogP contribution in [0.2, 0.25) is 0 Å². The van der Waals surface area contributed by atoms with Crippen molar-refractivity contribution in [3.05, 3.63) is 0 Å². The first-order chi connectivity index (χ1) is 13.2. The van der Waals surface area contributed by atoms with Gasteiger partial charge in [-0.1, -0.05) is 98.3 Å². The van der Waals surface area contributed by atoms with Crippen LogP contribution in [0.4, 0.5) is 0 Å². The van der Waals surface area contributed by atoms with E-state index in [2.05, 4.69) is 26.1 Å². The summed E-state index contributed by atoms with van der Waals surface area (Å²) in [6.45, 7) is 11.0. The van der Waals surface area contributed by atoms with Gasteiger partial charge in [-0.25, -0.2) is 0 Å². The van der Waals surface area contributed by atoms with Crippen molar-refractivity contribution >= 4 is 5.91 Å². The van der Waals surface area contributed by atoms with E-state index in [-0.39, 0.29) is 11.8 Å². The average Bonchev–Trinajstić information content (AvgIpc) is 2.68. The number of unbranched alkanes of at least 4 members (excludes halogenated alkanes) is 6. The third kappa shape index (κ3) is 17.3. The predicted octanol–water partition coefficient (Wildman–Crippen LogP) is 6.89. The number of carbonyl (C=O) groups is 1. The van der Waals surface area contributed by atoms with Crippen LogP contribution in [0.15, 0.2) is 0 Å². The molecule has 0 rings (SSSR count). The lowest BCUT2D eigenvalue weighted by molar-refractivity contribution is -0.124. The summed E-state index contributed by atoms with van der Waals surface area (Å²) >= 11 is 0. The van der Waals surface area contributed by atoms with Gasteiger partial charge in [0.15, 0.2) is 0 Å². The summed E-state index contributed by atoms with van der Waals surface area (Å²) in [5, 5.41) is 3.03. The molecule has 1 unspecified atom stereocenters. The monoisotopic (exact) mass is 383 g/mol. The Morgan fingerprint density at radius 2 is 1.33 bits per heavy atom. The molecule has 0 heterocycles. The average molecular weight is 384 g/mol. The second kappa shape index (κ2) is 20.2. The minimum Gasteiger partial charge on any atom is -0.380 e. The zero-order chi connectivity index (χ0) is 20.2. The fourth-order valence-corrected chi connectivity index (χ4v) is 3.60. The summed E-state index contributed by atoms with van der Waals surface area (Å²) in [5.41, 5.74) is 0. The molecule has 1 atom stereocenters. The number of amides is 1. The molecule has 1 amide bonds. The molecule has 0 aliphatic heterocycles. The van der Waals surface area contributed by atoms with Gasteiger partial charge < -0.3 is 10.1 Å². The normalized spacial score (nSPS) is 12.5. The van der Waals surface area contributed by atoms with Crippen LogP contribution in [0.25, 0.3) is 0 Å². The minimum absolute atomic E-state index is 0.129. The Bertz CT molecular complexity index is 312. The number of ether oxygens (including phenoxy) is 1. The topological polar surface area (TPSA) is 38.3 Å². The highest BCUT2D eigenvalue weighted by molar-refractivity contribution is 5.78. The SMILES string of the molecule is CCCCCCCC(C)C(=O)NCCOCCCC(CCCC)CCCC. The second-order valence-electron chi connectivity index (χ2n) is 8.30. The number of nitrogens with one attached hydrogen (secondary N) is 1. The molecule has 0 bridgehead atoms. The lowest BCUT2D eigenvalue weighted by atomic mass is 9.92. The van der Waals surface area contributed by atoms with Gasteiger partial charge in [0.05, 0.1) is 6.61 Å². The fraction of sp³-hybridized carbons (Fsp3) is 0.958. The number of rotatable bonds is 20. The molecule has 0 aromatic rings. The van der Waals surface area contributed by atoms with Crippen molar-refractivity contribution in [1.29, 1.82) is 0 Å². The molecule has 0 aliphatic carbocycles. The van der Waals surface area contributed by atoms with Gasteiger partial charge >= 0.3 is 0 Å². The van der Waals surface area contributed by atoms with Crippen molar-refractivity contribution < 1.29 is 9.53 Å². The number of hydrogen-bond acceptors (Lipinski definition) is 2. The summed E-state index contributed by atoms with van der Waals surface area (Å²) in [6, 6.07) is 0. The van der Waals surface area contributed by atoms with Crippen molar-refractivity contribution in [2.75, 3.05) is 19.8 Å². The molecule has 0 aromatic carbocycles. The lowest BCUT2D eigenvalue weighted by Gasteiger charge is -2.16. The molecule has 0 radical (unpaired) electrons. The smallest absolute Gasteiger partial charge is 0.222 e. The molecule has 3 nitrogen and oxygen atoms in total. The quantitative estimate of drug-likeness (QED) is 0.232. The molecule has 0 spiro atoms. The molecular weight excluding hydrogens is 334 g/mol. The molecule has 1 N–H and O–H groups in total. The molecule has 0 fully saturated rings. The van der Waals surface area contributed by atoms with Crippen LogP contribution >= 0.6 is 0 Å². The summed E-state index contributed by atoms with van der Waals surface area (Å²) < 4.78 is 5.73. The first-order valence-electron chi connectivity index (χ1n) is 12.0. The maximum absolute atomic E-state index is 12.1. The zero-order valence-electron chi connectivity index (χ0n) is 19.0. The van der Waals surface area contributed by atoms with Gasteiger partial charge in [0.25, 0.3) is 0 Å². The van der Waals surface area contributed by atoms with Gasteiger partial charge in [0.1, 0.15) is 0 Å². The highest BCUT2D eigenvalue weighted by Crippen LogP contribution is 2.21. The maximum atomic E-state index is 12.1. The van der Waals surface area contributed by atoms with E-state index in [9.17, 15) is 4.79 Å². The highest BCUT2D eigenvalue weighted by atomic mass is 16.5. The van der Waals surface area contributed by atoms with Crippen molar-refractivity contribution in [2.24, 2.45) is 11.8 Å². The van der Waals surface area contributed by atoms with Gasteiger partial charge in [-0.2, -0.15) is 0 Å². The fourth-order valence-electron chi connectivity index (χ4n) is 3.60. The first-order valence-corrected chi connectivity index (χ1v) is 12.0. The van der Waals surface area contributed by atoms with Crippen LogP contribution in [-0.4, -0.2) is 25.7 Å². The summed E-state index contributed by atoms with van der Waals surface area (Å²) in [5.74, 6) is 1.20. The van der Waals surface area contributed by atoms with E-state index in [1.54, 1.807) is 0 Å². The summed E-state index contributed by atoms with van der Waals surface area (Å²) in [6.07, 6.45) is 17.8. The summed E-state index contributed by atoms with van der Waals surface area (Å²) in [4.78, 5) is 12.1. The Labute approximate surface area is 170 Å². The Morgan fingerprint density at radius 1 is 0.741 bits per heavy atom. The Balaban J connectivity index is 3.60. The van der Waals surface area contributed by atoms with E-state index in [1.165, 1.54) is 77.0 Å². The molecule has 0 aliphatic rings. The van der Waals surface area contributed by atoms with Crippen LogP contribution in [0, 0.1) is 11.8 Å². The Hall–Kier alpha value is -0.570. The third-order valence-electron chi connectivity index (χ3n) is 5.57. The van der Waals surface area contributed by atoms with Crippen LogP contribution in [0.3, 0.4) is 0 Å².